The summed E-state index contributed by atoms with van der Waals surface area (Å²) in [5.74, 6) is 0.708. The molecule has 3 heterocycles. The van der Waals surface area contributed by atoms with Crippen LogP contribution < -0.4 is 0 Å². The Morgan fingerprint density at radius 3 is 1.93 bits per heavy atom. The van der Waals surface area contributed by atoms with Gasteiger partial charge in [0.1, 0.15) is 0 Å². The molecule has 4 heteroatoms. The zero-order valence-corrected chi connectivity index (χ0v) is 23.5. The summed E-state index contributed by atoms with van der Waals surface area (Å²) in [4.78, 5) is 10.8. The van der Waals surface area contributed by atoms with E-state index in [0.717, 1.165) is 28.0 Å². The third-order valence-corrected chi connectivity index (χ3v) is 9.93. The Bertz CT molecular complexity index is 2290. The first-order chi connectivity index (χ1) is 20.1. The Kier molecular flexibility index (Phi) is 4.55. The fourth-order valence-electron chi connectivity index (χ4n) is 6.90. The fraction of sp³-hybridized carbons (Fsp3) is 0.0811. The van der Waals surface area contributed by atoms with Gasteiger partial charge in [0.25, 0.3) is 0 Å². The summed E-state index contributed by atoms with van der Waals surface area (Å²) in [5.41, 5.74) is 8.85. The van der Waals surface area contributed by atoms with E-state index in [4.69, 9.17) is 9.97 Å². The molecule has 0 radical (unpaired) electrons. The Morgan fingerprint density at radius 2 is 1.20 bits per heavy atom. The summed E-state index contributed by atoms with van der Waals surface area (Å²) >= 11 is 1.86. The second-order valence-electron chi connectivity index (χ2n) is 11.4. The van der Waals surface area contributed by atoms with Crippen molar-refractivity contribution >= 4 is 53.3 Å². The van der Waals surface area contributed by atoms with Crippen LogP contribution in [0.2, 0.25) is 0 Å². The van der Waals surface area contributed by atoms with Crippen LogP contribution in [0.15, 0.2) is 115 Å². The number of aromatic nitrogens is 3. The first-order valence-corrected chi connectivity index (χ1v) is 14.8. The summed E-state index contributed by atoms with van der Waals surface area (Å²) in [6, 6.07) is 41.3. The maximum Gasteiger partial charge on any atom is 0.235 e. The molecule has 1 aliphatic carbocycles. The average molecular weight is 544 g/mol. The van der Waals surface area contributed by atoms with Gasteiger partial charge in [-0.2, -0.15) is 0 Å². The van der Waals surface area contributed by atoms with Crippen molar-refractivity contribution in [3.8, 4) is 28.5 Å². The molecule has 0 unspecified atom stereocenters. The molecule has 0 atom stereocenters. The quantitative estimate of drug-likeness (QED) is 0.217. The van der Waals surface area contributed by atoms with Crippen LogP contribution in [0.3, 0.4) is 0 Å². The number of para-hydroxylation sites is 2. The summed E-state index contributed by atoms with van der Waals surface area (Å²) in [5, 5.41) is 5.06. The third kappa shape index (κ3) is 3.08. The van der Waals surface area contributed by atoms with Gasteiger partial charge in [-0.1, -0.05) is 98.8 Å². The Hall–Kier alpha value is -4.80. The number of hydrogen-bond acceptors (Lipinski definition) is 3. The van der Waals surface area contributed by atoms with E-state index in [0.29, 0.717) is 5.95 Å². The van der Waals surface area contributed by atoms with Crippen molar-refractivity contribution in [3.63, 3.8) is 0 Å². The van der Waals surface area contributed by atoms with Gasteiger partial charge in [0.2, 0.25) is 5.95 Å². The largest absolute Gasteiger partial charge is 0.278 e. The van der Waals surface area contributed by atoms with Gasteiger partial charge in [-0.25, -0.2) is 9.97 Å². The highest BCUT2D eigenvalue weighted by atomic mass is 32.1. The average Bonchev–Trinajstić information content (AvgIpc) is 3.62. The van der Waals surface area contributed by atoms with Crippen LogP contribution in [-0.4, -0.2) is 14.5 Å². The van der Waals surface area contributed by atoms with Crippen LogP contribution in [0.4, 0.5) is 0 Å². The molecule has 0 bridgehead atoms. The highest BCUT2D eigenvalue weighted by molar-refractivity contribution is 7.25. The lowest BCUT2D eigenvalue weighted by molar-refractivity contribution is 0.657. The molecule has 9 rings (SSSR count). The number of hydrogen-bond donors (Lipinski definition) is 0. The second kappa shape index (κ2) is 8.12. The molecule has 1 aliphatic rings. The maximum absolute atomic E-state index is 5.44. The summed E-state index contributed by atoms with van der Waals surface area (Å²) < 4.78 is 4.86. The van der Waals surface area contributed by atoms with Gasteiger partial charge >= 0.3 is 0 Å². The fourth-order valence-corrected chi connectivity index (χ4v) is 8.02. The van der Waals surface area contributed by atoms with Crippen LogP contribution in [0.1, 0.15) is 25.0 Å². The van der Waals surface area contributed by atoms with E-state index < -0.39 is 0 Å². The SMILES string of the molecule is CC1(C)c2cc3c(cc2-c2nc(-n4c5ccccc5c5ccccc54)nc(-c4ccccc4)c21)sc1ccccc13. The lowest BCUT2D eigenvalue weighted by Gasteiger charge is -2.24. The van der Waals surface area contributed by atoms with Crippen LogP contribution in [0.5, 0.6) is 0 Å². The predicted octanol–water partition coefficient (Wildman–Crippen LogP) is 9.91. The lowest BCUT2D eigenvalue weighted by atomic mass is 9.80. The zero-order chi connectivity index (χ0) is 27.3. The van der Waals surface area contributed by atoms with Gasteiger partial charge in [0.05, 0.1) is 22.4 Å². The van der Waals surface area contributed by atoms with Gasteiger partial charge in [-0.15, -0.1) is 11.3 Å². The number of nitrogens with zero attached hydrogens (tertiary/aromatic N) is 3. The minimum Gasteiger partial charge on any atom is -0.278 e. The molecular formula is C37H25N3S. The predicted molar refractivity (Wildman–Crippen MR) is 172 cm³/mol. The monoisotopic (exact) mass is 543 g/mol. The van der Waals surface area contributed by atoms with Gasteiger partial charge in [-0.3, -0.25) is 4.57 Å². The molecule has 3 aromatic heterocycles. The minimum atomic E-state index is -0.258. The second-order valence-corrected chi connectivity index (χ2v) is 12.5. The lowest BCUT2D eigenvalue weighted by Crippen LogP contribution is -2.18. The normalized spacial score (nSPS) is 13.8. The molecule has 0 N–H and O–H groups in total. The molecule has 3 nitrogen and oxygen atoms in total. The Labute approximate surface area is 241 Å². The van der Waals surface area contributed by atoms with E-state index in [1.54, 1.807) is 0 Å². The van der Waals surface area contributed by atoms with E-state index in [2.05, 4.69) is 134 Å². The summed E-state index contributed by atoms with van der Waals surface area (Å²) in [7, 11) is 0. The van der Waals surface area contributed by atoms with Crippen molar-refractivity contribution in [2.75, 3.05) is 0 Å². The molecule has 0 amide bonds. The molecule has 0 aliphatic heterocycles. The molecule has 41 heavy (non-hydrogen) atoms. The van der Waals surface area contributed by atoms with Crippen LogP contribution in [-0.2, 0) is 5.41 Å². The van der Waals surface area contributed by atoms with E-state index in [-0.39, 0.29) is 5.41 Å². The van der Waals surface area contributed by atoms with E-state index in [1.165, 1.54) is 47.6 Å². The summed E-state index contributed by atoms with van der Waals surface area (Å²) in [6.07, 6.45) is 0. The zero-order valence-electron chi connectivity index (χ0n) is 22.7. The highest BCUT2D eigenvalue weighted by Gasteiger charge is 2.41. The molecule has 5 aromatic carbocycles. The molecule has 8 aromatic rings. The topological polar surface area (TPSA) is 30.7 Å². The summed E-state index contributed by atoms with van der Waals surface area (Å²) in [6.45, 7) is 4.65. The standard InChI is InChI=1S/C37H25N3S/c1-37(2)28-20-26-25-16-8-11-19-31(25)41-32(26)21-27(28)35-33(37)34(22-12-4-3-5-13-22)38-36(39-35)40-29-17-9-6-14-23(29)24-15-7-10-18-30(24)40/h3-21H,1-2H3. The van der Waals surface area contributed by atoms with E-state index in [1.807, 2.05) is 11.3 Å². The number of fused-ring (bicyclic) bond motifs is 9. The van der Waals surface area contributed by atoms with Crippen molar-refractivity contribution in [1.29, 1.82) is 0 Å². The van der Waals surface area contributed by atoms with Crippen LogP contribution in [0.25, 0.3) is 70.4 Å². The van der Waals surface area contributed by atoms with Crippen molar-refractivity contribution in [2.45, 2.75) is 19.3 Å². The first kappa shape index (κ1) is 23.0. The van der Waals surface area contributed by atoms with Gasteiger partial charge in [0.15, 0.2) is 0 Å². The van der Waals surface area contributed by atoms with Crippen molar-refractivity contribution in [1.82, 2.24) is 14.5 Å². The molecule has 194 valence electrons. The number of benzene rings is 5. The molecule has 0 saturated heterocycles. The van der Waals surface area contributed by atoms with Gasteiger partial charge < -0.3 is 0 Å². The molecule has 0 fully saturated rings. The van der Waals surface area contributed by atoms with Crippen molar-refractivity contribution < 1.29 is 0 Å². The Balaban J connectivity index is 1.42. The van der Waals surface area contributed by atoms with E-state index in [9.17, 15) is 0 Å². The first-order valence-electron chi connectivity index (χ1n) is 14.0. The molecular weight excluding hydrogens is 518 g/mol. The maximum atomic E-state index is 5.44. The number of rotatable bonds is 2. The Morgan fingerprint density at radius 1 is 0.585 bits per heavy atom. The minimum absolute atomic E-state index is 0.258. The van der Waals surface area contributed by atoms with Crippen LogP contribution >= 0.6 is 11.3 Å². The third-order valence-electron chi connectivity index (χ3n) is 8.79. The van der Waals surface area contributed by atoms with E-state index >= 15 is 0 Å². The number of thiophene rings is 1. The smallest absolute Gasteiger partial charge is 0.235 e. The highest BCUT2D eigenvalue weighted by Crippen LogP contribution is 2.53. The van der Waals surface area contributed by atoms with Gasteiger partial charge in [0, 0.05) is 53.1 Å². The molecule has 0 saturated carbocycles. The van der Waals surface area contributed by atoms with Crippen molar-refractivity contribution in [3.05, 3.63) is 126 Å². The molecule has 0 spiro atoms. The van der Waals surface area contributed by atoms with Gasteiger partial charge in [-0.05, 0) is 35.9 Å². The van der Waals surface area contributed by atoms with Crippen molar-refractivity contribution in [2.24, 2.45) is 0 Å². The van der Waals surface area contributed by atoms with Crippen LogP contribution in [0, 0.1) is 0 Å².